The molecule has 1 N–H and O–H groups in total. The molecule has 100 valence electrons. The second-order valence-electron chi connectivity index (χ2n) is 5.70. The highest BCUT2D eigenvalue weighted by Crippen LogP contribution is 2.29. The first-order chi connectivity index (χ1) is 8.62. The van der Waals surface area contributed by atoms with Gasteiger partial charge in [0, 0.05) is 12.2 Å². The van der Waals surface area contributed by atoms with Crippen LogP contribution >= 0.6 is 0 Å². The molecule has 1 aromatic heterocycles. The number of ether oxygens (including phenoxy) is 1. The summed E-state index contributed by atoms with van der Waals surface area (Å²) in [5, 5.41) is 3.57. The SMILES string of the molecule is CCOc1cncc(C(C)(C)CCNC2CC2)c1. The number of aromatic nitrogens is 1. The van der Waals surface area contributed by atoms with Crippen molar-refractivity contribution in [3.05, 3.63) is 24.0 Å². The molecule has 0 saturated heterocycles. The number of hydrogen-bond donors (Lipinski definition) is 1. The van der Waals surface area contributed by atoms with E-state index in [4.69, 9.17) is 4.74 Å². The quantitative estimate of drug-likeness (QED) is 0.805. The summed E-state index contributed by atoms with van der Waals surface area (Å²) in [5.74, 6) is 0.873. The summed E-state index contributed by atoms with van der Waals surface area (Å²) in [6.07, 6.45) is 7.57. The van der Waals surface area contributed by atoms with Gasteiger partial charge in [-0.25, -0.2) is 0 Å². The molecule has 1 heterocycles. The Morgan fingerprint density at radius 2 is 2.17 bits per heavy atom. The normalized spacial score (nSPS) is 15.7. The summed E-state index contributed by atoms with van der Waals surface area (Å²) in [6.45, 7) is 8.31. The molecule has 3 nitrogen and oxygen atoms in total. The molecule has 1 aromatic rings. The second-order valence-corrected chi connectivity index (χ2v) is 5.70. The van der Waals surface area contributed by atoms with Crippen LogP contribution in [0.2, 0.25) is 0 Å². The highest BCUT2D eigenvalue weighted by molar-refractivity contribution is 5.29. The molecule has 0 spiro atoms. The molecule has 1 saturated carbocycles. The smallest absolute Gasteiger partial charge is 0.137 e. The Balaban J connectivity index is 1.95. The standard InChI is InChI=1S/C15H24N2O/c1-4-18-14-9-12(10-16-11-14)15(2,3)7-8-17-13-5-6-13/h9-11,13,17H,4-8H2,1-3H3. The summed E-state index contributed by atoms with van der Waals surface area (Å²) in [6, 6.07) is 2.90. The third-order valence-electron chi connectivity index (χ3n) is 3.57. The van der Waals surface area contributed by atoms with Crippen LogP contribution in [0.3, 0.4) is 0 Å². The van der Waals surface area contributed by atoms with Crippen molar-refractivity contribution in [3.63, 3.8) is 0 Å². The molecule has 3 heteroatoms. The van der Waals surface area contributed by atoms with Crippen molar-refractivity contribution in [3.8, 4) is 5.75 Å². The summed E-state index contributed by atoms with van der Waals surface area (Å²) >= 11 is 0. The zero-order valence-corrected chi connectivity index (χ0v) is 11.7. The molecule has 0 bridgehead atoms. The number of pyridine rings is 1. The van der Waals surface area contributed by atoms with Gasteiger partial charge in [-0.05, 0) is 49.8 Å². The highest BCUT2D eigenvalue weighted by atomic mass is 16.5. The van der Waals surface area contributed by atoms with Crippen LogP contribution in [0.25, 0.3) is 0 Å². The van der Waals surface area contributed by atoms with Crippen LogP contribution in [-0.4, -0.2) is 24.2 Å². The molecule has 0 aromatic carbocycles. The van der Waals surface area contributed by atoms with Gasteiger partial charge in [-0.15, -0.1) is 0 Å². The van der Waals surface area contributed by atoms with Crippen LogP contribution in [0.4, 0.5) is 0 Å². The average Bonchev–Trinajstić information content (AvgIpc) is 3.14. The molecule has 18 heavy (non-hydrogen) atoms. The van der Waals surface area contributed by atoms with Crippen LogP contribution in [0.5, 0.6) is 5.75 Å². The number of rotatable bonds is 7. The van der Waals surface area contributed by atoms with E-state index in [2.05, 4.69) is 30.2 Å². The van der Waals surface area contributed by atoms with Crippen molar-refractivity contribution in [2.45, 2.75) is 51.5 Å². The molecule has 0 atom stereocenters. The van der Waals surface area contributed by atoms with E-state index < -0.39 is 0 Å². The predicted molar refractivity (Wildman–Crippen MR) is 74.1 cm³/mol. The number of nitrogens with zero attached hydrogens (tertiary/aromatic N) is 1. The van der Waals surface area contributed by atoms with Crippen LogP contribution in [0.1, 0.15) is 45.6 Å². The largest absolute Gasteiger partial charge is 0.492 e. The van der Waals surface area contributed by atoms with E-state index in [-0.39, 0.29) is 5.41 Å². The minimum atomic E-state index is 0.141. The minimum absolute atomic E-state index is 0.141. The first-order valence-electron chi connectivity index (χ1n) is 6.93. The van der Waals surface area contributed by atoms with E-state index in [0.717, 1.165) is 24.8 Å². The van der Waals surface area contributed by atoms with E-state index in [1.807, 2.05) is 13.1 Å². The van der Waals surface area contributed by atoms with Crippen molar-refractivity contribution >= 4 is 0 Å². The molecule has 0 aliphatic heterocycles. The van der Waals surface area contributed by atoms with Gasteiger partial charge in [0.05, 0.1) is 12.8 Å². The van der Waals surface area contributed by atoms with Crippen molar-refractivity contribution < 1.29 is 4.74 Å². The Morgan fingerprint density at radius 3 is 2.83 bits per heavy atom. The topological polar surface area (TPSA) is 34.1 Å². The van der Waals surface area contributed by atoms with E-state index >= 15 is 0 Å². The van der Waals surface area contributed by atoms with Gasteiger partial charge >= 0.3 is 0 Å². The van der Waals surface area contributed by atoms with E-state index in [1.54, 1.807) is 6.20 Å². The lowest BCUT2D eigenvalue weighted by Gasteiger charge is -2.25. The van der Waals surface area contributed by atoms with Gasteiger partial charge in [-0.3, -0.25) is 4.98 Å². The fourth-order valence-electron chi connectivity index (χ4n) is 2.06. The second kappa shape index (κ2) is 5.70. The van der Waals surface area contributed by atoms with Gasteiger partial charge in [0.25, 0.3) is 0 Å². The monoisotopic (exact) mass is 248 g/mol. The molecule has 1 fully saturated rings. The lowest BCUT2D eigenvalue weighted by atomic mass is 9.82. The van der Waals surface area contributed by atoms with Gasteiger partial charge in [-0.1, -0.05) is 13.8 Å². The Morgan fingerprint density at radius 1 is 1.39 bits per heavy atom. The van der Waals surface area contributed by atoms with Gasteiger partial charge < -0.3 is 10.1 Å². The van der Waals surface area contributed by atoms with Crippen LogP contribution in [0.15, 0.2) is 18.5 Å². The average molecular weight is 248 g/mol. The molecule has 1 aliphatic carbocycles. The first kappa shape index (κ1) is 13.3. The zero-order valence-electron chi connectivity index (χ0n) is 11.7. The van der Waals surface area contributed by atoms with Gasteiger partial charge in [0.2, 0.25) is 0 Å². The Labute approximate surface area is 110 Å². The van der Waals surface area contributed by atoms with E-state index in [1.165, 1.54) is 18.4 Å². The van der Waals surface area contributed by atoms with Crippen molar-refractivity contribution in [2.75, 3.05) is 13.2 Å². The summed E-state index contributed by atoms with van der Waals surface area (Å²) in [7, 11) is 0. The molecular weight excluding hydrogens is 224 g/mol. The minimum Gasteiger partial charge on any atom is -0.492 e. The fourth-order valence-corrected chi connectivity index (χ4v) is 2.06. The molecule has 0 unspecified atom stereocenters. The van der Waals surface area contributed by atoms with Crippen LogP contribution in [0, 0.1) is 0 Å². The van der Waals surface area contributed by atoms with Crippen LogP contribution in [-0.2, 0) is 5.41 Å². The summed E-state index contributed by atoms with van der Waals surface area (Å²) < 4.78 is 5.52. The maximum absolute atomic E-state index is 5.52. The zero-order chi connectivity index (χ0) is 13.0. The van der Waals surface area contributed by atoms with E-state index in [0.29, 0.717) is 6.61 Å². The van der Waals surface area contributed by atoms with Crippen LogP contribution < -0.4 is 10.1 Å². The lowest BCUT2D eigenvalue weighted by Crippen LogP contribution is -2.26. The first-order valence-corrected chi connectivity index (χ1v) is 6.93. The molecule has 1 aliphatic rings. The van der Waals surface area contributed by atoms with Gasteiger partial charge in [0.15, 0.2) is 0 Å². The predicted octanol–water partition coefficient (Wildman–Crippen LogP) is 2.90. The highest BCUT2D eigenvalue weighted by Gasteiger charge is 2.24. The summed E-state index contributed by atoms with van der Waals surface area (Å²) in [4.78, 5) is 4.28. The number of hydrogen-bond acceptors (Lipinski definition) is 3. The number of nitrogens with one attached hydrogen (secondary N) is 1. The van der Waals surface area contributed by atoms with Crippen molar-refractivity contribution in [2.24, 2.45) is 0 Å². The Kier molecular flexibility index (Phi) is 4.23. The lowest BCUT2D eigenvalue weighted by molar-refractivity contribution is 0.336. The molecule has 2 rings (SSSR count). The maximum Gasteiger partial charge on any atom is 0.137 e. The van der Waals surface area contributed by atoms with Gasteiger partial charge in [-0.2, -0.15) is 0 Å². The van der Waals surface area contributed by atoms with Crippen molar-refractivity contribution in [1.29, 1.82) is 0 Å². The molecule has 0 radical (unpaired) electrons. The summed E-state index contributed by atoms with van der Waals surface area (Å²) in [5.41, 5.74) is 1.40. The Bertz CT molecular complexity index is 386. The maximum atomic E-state index is 5.52. The van der Waals surface area contributed by atoms with Gasteiger partial charge in [0.1, 0.15) is 5.75 Å². The fraction of sp³-hybridized carbons (Fsp3) is 0.667. The Hall–Kier alpha value is -1.09. The van der Waals surface area contributed by atoms with Crippen molar-refractivity contribution in [1.82, 2.24) is 10.3 Å². The molecular formula is C15H24N2O. The third-order valence-corrected chi connectivity index (χ3v) is 3.57. The third kappa shape index (κ3) is 3.70. The van der Waals surface area contributed by atoms with E-state index in [9.17, 15) is 0 Å². The molecule has 0 amide bonds.